The molecule has 0 unspecified atom stereocenters. The number of nitrogens with one attached hydrogen (secondary N) is 2. The molecular weight excluding hydrogens is 180 g/mol. The first kappa shape index (κ1) is 13.1. The number of rotatable bonds is 9. The minimum absolute atomic E-state index is 0.00836. The maximum Gasteiger partial charge on any atom is 0.216 e. The van der Waals surface area contributed by atoms with E-state index in [9.17, 15) is 4.79 Å². The molecule has 0 aromatic heterocycles. The van der Waals surface area contributed by atoms with Crippen LogP contribution in [0.25, 0.3) is 0 Å². The van der Waals surface area contributed by atoms with Crippen molar-refractivity contribution in [3.8, 4) is 0 Å². The second kappa shape index (κ2) is 10.2. The molecule has 1 amide bonds. The Morgan fingerprint density at radius 2 is 2.14 bits per heavy atom. The first-order valence-electron chi connectivity index (χ1n) is 4.91. The molecule has 0 aliphatic heterocycles. The van der Waals surface area contributed by atoms with Crippen LogP contribution in [-0.2, 0) is 9.53 Å². The molecule has 14 heavy (non-hydrogen) atoms. The van der Waals surface area contributed by atoms with Crippen molar-refractivity contribution in [2.45, 2.75) is 13.3 Å². The SMILES string of the molecule is C=CCCOCCNCCNC(C)=O. The molecule has 0 aliphatic rings. The van der Waals surface area contributed by atoms with Crippen molar-refractivity contribution in [1.29, 1.82) is 0 Å². The van der Waals surface area contributed by atoms with Gasteiger partial charge in [-0.25, -0.2) is 0 Å². The molecule has 0 radical (unpaired) electrons. The lowest BCUT2D eigenvalue weighted by Gasteiger charge is -2.05. The highest BCUT2D eigenvalue weighted by atomic mass is 16.5. The van der Waals surface area contributed by atoms with E-state index in [4.69, 9.17) is 4.74 Å². The molecule has 0 heterocycles. The average Bonchev–Trinajstić information content (AvgIpc) is 2.15. The number of carbonyl (C=O) groups is 1. The van der Waals surface area contributed by atoms with Crippen LogP contribution in [0.15, 0.2) is 12.7 Å². The summed E-state index contributed by atoms with van der Waals surface area (Å²) in [7, 11) is 0. The average molecular weight is 200 g/mol. The number of ether oxygens (including phenoxy) is 1. The minimum atomic E-state index is 0.00836. The fourth-order valence-corrected chi connectivity index (χ4v) is 0.865. The normalized spacial score (nSPS) is 9.79. The van der Waals surface area contributed by atoms with Crippen LogP contribution in [-0.4, -0.2) is 38.8 Å². The number of hydrogen-bond acceptors (Lipinski definition) is 3. The molecule has 0 spiro atoms. The molecule has 0 fully saturated rings. The summed E-state index contributed by atoms with van der Waals surface area (Å²) in [6.45, 7) is 8.81. The smallest absolute Gasteiger partial charge is 0.216 e. The van der Waals surface area contributed by atoms with Gasteiger partial charge in [-0.15, -0.1) is 6.58 Å². The third kappa shape index (κ3) is 11.1. The van der Waals surface area contributed by atoms with Crippen LogP contribution in [0, 0.1) is 0 Å². The number of amides is 1. The summed E-state index contributed by atoms with van der Waals surface area (Å²) in [5.74, 6) is 0.00836. The fourth-order valence-electron chi connectivity index (χ4n) is 0.865. The van der Waals surface area contributed by atoms with Gasteiger partial charge in [0, 0.05) is 26.6 Å². The van der Waals surface area contributed by atoms with Crippen molar-refractivity contribution >= 4 is 5.91 Å². The van der Waals surface area contributed by atoms with Crippen LogP contribution in [0.1, 0.15) is 13.3 Å². The van der Waals surface area contributed by atoms with E-state index in [2.05, 4.69) is 17.2 Å². The summed E-state index contributed by atoms with van der Waals surface area (Å²) in [5.41, 5.74) is 0. The van der Waals surface area contributed by atoms with Crippen LogP contribution in [0.2, 0.25) is 0 Å². The van der Waals surface area contributed by atoms with Gasteiger partial charge >= 0.3 is 0 Å². The molecule has 0 atom stereocenters. The fraction of sp³-hybridized carbons (Fsp3) is 0.700. The predicted molar refractivity (Wildman–Crippen MR) is 57.2 cm³/mol. The number of carbonyl (C=O) groups excluding carboxylic acids is 1. The summed E-state index contributed by atoms with van der Waals surface area (Å²) in [4.78, 5) is 10.5. The summed E-state index contributed by atoms with van der Waals surface area (Å²) in [6, 6.07) is 0. The Kier molecular flexibility index (Phi) is 9.58. The highest BCUT2D eigenvalue weighted by Gasteiger charge is 1.90. The van der Waals surface area contributed by atoms with Crippen LogP contribution >= 0.6 is 0 Å². The van der Waals surface area contributed by atoms with Gasteiger partial charge in [-0.3, -0.25) is 4.79 Å². The zero-order chi connectivity index (χ0) is 10.6. The van der Waals surface area contributed by atoms with Gasteiger partial charge in [0.25, 0.3) is 0 Å². The van der Waals surface area contributed by atoms with Crippen LogP contribution in [0.4, 0.5) is 0 Å². The summed E-state index contributed by atoms with van der Waals surface area (Å²) >= 11 is 0. The van der Waals surface area contributed by atoms with Gasteiger partial charge in [-0.2, -0.15) is 0 Å². The minimum Gasteiger partial charge on any atom is -0.380 e. The molecule has 82 valence electrons. The zero-order valence-electron chi connectivity index (χ0n) is 8.84. The molecule has 0 aromatic rings. The van der Waals surface area contributed by atoms with Gasteiger partial charge in [-0.1, -0.05) is 6.08 Å². The molecule has 0 aliphatic carbocycles. The third-order valence-corrected chi connectivity index (χ3v) is 1.57. The lowest BCUT2D eigenvalue weighted by Crippen LogP contribution is -2.31. The zero-order valence-corrected chi connectivity index (χ0v) is 8.84. The molecule has 2 N–H and O–H groups in total. The van der Waals surface area contributed by atoms with E-state index >= 15 is 0 Å². The lowest BCUT2D eigenvalue weighted by molar-refractivity contribution is -0.118. The van der Waals surface area contributed by atoms with Crippen molar-refractivity contribution in [3.05, 3.63) is 12.7 Å². The Labute approximate surface area is 85.7 Å². The second-order valence-electron chi connectivity index (χ2n) is 2.92. The van der Waals surface area contributed by atoms with E-state index in [0.717, 1.165) is 26.1 Å². The van der Waals surface area contributed by atoms with Crippen molar-refractivity contribution in [3.63, 3.8) is 0 Å². The largest absolute Gasteiger partial charge is 0.380 e. The Morgan fingerprint density at radius 3 is 2.79 bits per heavy atom. The van der Waals surface area contributed by atoms with Crippen LogP contribution in [0.5, 0.6) is 0 Å². The first-order valence-corrected chi connectivity index (χ1v) is 4.91. The van der Waals surface area contributed by atoms with Crippen molar-refractivity contribution < 1.29 is 9.53 Å². The van der Waals surface area contributed by atoms with E-state index in [1.54, 1.807) is 0 Å². The van der Waals surface area contributed by atoms with E-state index in [1.807, 2.05) is 6.08 Å². The standard InChI is InChI=1S/C10H20N2O2/c1-3-4-8-14-9-7-11-5-6-12-10(2)13/h3,11H,1,4-9H2,2H3,(H,12,13). The van der Waals surface area contributed by atoms with Crippen LogP contribution in [0.3, 0.4) is 0 Å². The van der Waals surface area contributed by atoms with E-state index in [0.29, 0.717) is 13.2 Å². The topological polar surface area (TPSA) is 50.4 Å². The van der Waals surface area contributed by atoms with Gasteiger partial charge < -0.3 is 15.4 Å². The quantitative estimate of drug-likeness (QED) is 0.416. The molecule has 0 saturated carbocycles. The van der Waals surface area contributed by atoms with Gasteiger partial charge in [0.15, 0.2) is 0 Å². The Balaban J connectivity index is 2.92. The second-order valence-corrected chi connectivity index (χ2v) is 2.92. The van der Waals surface area contributed by atoms with Gasteiger partial charge in [0.05, 0.1) is 13.2 Å². The third-order valence-electron chi connectivity index (χ3n) is 1.57. The van der Waals surface area contributed by atoms with Crippen LogP contribution < -0.4 is 10.6 Å². The van der Waals surface area contributed by atoms with Gasteiger partial charge in [-0.05, 0) is 6.42 Å². The summed E-state index contributed by atoms with van der Waals surface area (Å²) < 4.78 is 5.28. The maximum atomic E-state index is 10.5. The lowest BCUT2D eigenvalue weighted by atomic mass is 10.4. The Morgan fingerprint density at radius 1 is 1.36 bits per heavy atom. The first-order chi connectivity index (χ1) is 6.77. The Bertz CT molecular complexity index is 160. The summed E-state index contributed by atoms with van der Waals surface area (Å²) in [5, 5.41) is 5.85. The van der Waals surface area contributed by atoms with E-state index in [-0.39, 0.29) is 5.91 Å². The van der Waals surface area contributed by atoms with E-state index in [1.165, 1.54) is 6.92 Å². The van der Waals surface area contributed by atoms with Crippen molar-refractivity contribution in [1.82, 2.24) is 10.6 Å². The monoisotopic (exact) mass is 200 g/mol. The number of hydrogen-bond donors (Lipinski definition) is 2. The van der Waals surface area contributed by atoms with E-state index < -0.39 is 0 Å². The molecule has 0 bridgehead atoms. The molecule has 4 heteroatoms. The molecule has 4 nitrogen and oxygen atoms in total. The van der Waals surface area contributed by atoms with Crippen molar-refractivity contribution in [2.75, 3.05) is 32.8 Å². The predicted octanol–water partition coefficient (Wildman–Crippen LogP) is 0.305. The van der Waals surface area contributed by atoms with Gasteiger partial charge in [0.2, 0.25) is 5.91 Å². The molecule has 0 aromatic carbocycles. The molecule has 0 saturated heterocycles. The van der Waals surface area contributed by atoms with Crippen molar-refractivity contribution in [2.24, 2.45) is 0 Å². The van der Waals surface area contributed by atoms with Gasteiger partial charge in [0.1, 0.15) is 0 Å². The molecule has 0 rings (SSSR count). The highest BCUT2D eigenvalue weighted by molar-refractivity contribution is 5.72. The highest BCUT2D eigenvalue weighted by Crippen LogP contribution is 1.81. The maximum absolute atomic E-state index is 10.5. The summed E-state index contributed by atoms with van der Waals surface area (Å²) in [6.07, 6.45) is 2.73. The molecular formula is C10H20N2O2. The Hall–Kier alpha value is -0.870.